The van der Waals surface area contributed by atoms with E-state index in [1.165, 1.54) is 83.5 Å². The summed E-state index contributed by atoms with van der Waals surface area (Å²) in [6, 6.07) is 0. The molecule has 0 aromatic rings. The minimum Gasteiger partial charge on any atom is -0.480 e. The number of carboxylic acid groups (broad SMARTS) is 1. The van der Waals surface area contributed by atoms with Crippen molar-refractivity contribution in [2.24, 2.45) is 0 Å². The first-order chi connectivity index (χ1) is 25.7. The SMILES string of the molecule is CCCCCCCCCCCCCCCCOCCOCCOCCOCCOCCOCCOCCOCCOCCNC(=O)COCC(=O)O. The van der Waals surface area contributed by atoms with Crippen LogP contribution in [0.3, 0.4) is 0 Å². The Bertz CT molecular complexity index is 720. The molecule has 0 fully saturated rings. The van der Waals surface area contributed by atoms with Crippen molar-refractivity contribution in [1.82, 2.24) is 5.32 Å². The monoisotopic (exact) mass is 754 g/mol. The zero-order valence-corrected chi connectivity index (χ0v) is 32.6. The lowest BCUT2D eigenvalue weighted by Crippen LogP contribution is -2.31. The second-order valence-corrected chi connectivity index (χ2v) is 12.3. The number of hydrogen-bond donors (Lipinski definition) is 2. The third-order valence-electron chi connectivity index (χ3n) is 7.65. The van der Waals surface area contributed by atoms with Gasteiger partial charge in [0.05, 0.1) is 112 Å². The number of carbonyl (C=O) groups is 2. The van der Waals surface area contributed by atoms with Crippen molar-refractivity contribution in [2.75, 3.05) is 139 Å². The van der Waals surface area contributed by atoms with Crippen LogP contribution >= 0.6 is 0 Å². The van der Waals surface area contributed by atoms with E-state index in [1.807, 2.05) is 0 Å². The summed E-state index contributed by atoms with van der Waals surface area (Å²) in [4.78, 5) is 21.7. The van der Waals surface area contributed by atoms with E-state index in [0.717, 1.165) is 13.0 Å². The molecule has 0 heterocycles. The molecule has 14 heteroatoms. The average molecular weight is 754 g/mol. The van der Waals surface area contributed by atoms with Gasteiger partial charge in [-0.2, -0.15) is 0 Å². The Labute approximate surface area is 314 Å². The molecule has 0 aromatic heterocycles. The molecule has 14 nitrogen and oxygen atoms in total. The first-order valence-electron chi connectivity index (χ1n) is 19.9. The van der Waals surface area contributed by atoms with Crippen molar-refractivity contribution in [3.8, 4) is 0 Å². The maximum Gasteiger partial charge on any atom is 0.329 e. The number of rotatable bonds is 46. The number of hydrogen-bond acceptors (Lipinski definition) is 12. The van der Waals surface area contributed by atoms with Crippen LogP contribution in [0.4, 0.5) is 0 Å². The van der Waals surface area contributed by atoms with E-state index in [9.17, 15) is 9.59 Å². The third kappa shape index (κ3) is 46.6. The van der Waals surface area contributed by atoms with Crippen LogP contribution in [0.2, 0.25) is 0 Å². The first-order valence-corrected chi connectivity index (χ1v) is 19.9. The van der Waals surface area contributed by atoms with E-state index in [-0.39, 0.29) is 6.61 Å². The molecule has 0 saturated heterocycles. The Hall–Kier alpha value is -1.46. The van der Waals surface area contributed by atoms with Crippen LogP contribution in [0.25, 0.3) is 0 Å². The van der Waals surface area contributed by atoms with Crippen LogP contribution in [-0.2, 0) is 57.0 Å². The molecule has 0 radical (unpaired) electrons. The van der Waals surface area contributed by atoms with Gasteiger partial charge in [0.1, 0.15) is 13.2 Å². The third-order valence-corrected chi connectivity index (χ3v) is 7.65. The van der Waals surface area contributed by atoms with Gasteiger partial charge in [-0.3, -0.25) is 4.79 Å². The Balaban J connectivity index is 3.08. The van der Waals surface area contributed by atoms with Gasteiger partial charge in [0.15, 0.2) is 0 Å². The van der Waals surface area contributed by atoms with Crippen molar-refractivity contribution in [1.29, 1.82) is 0 Å². The molecule has 1 amide bonds. The maximum absolute atomic E-state index is 11.4. The normalized spacial score (nSPS) is 11.4. The van der Waals surface area contributed by atoms with Crippen LogP contribution in [0, 0.1) is 0 Å². The van der Waals surface area contributed by atoms with E-state index in [4.69, 9.17) is 47.7 Å². The molecular formula is C38H75NO13. The summed E-state index contributed by atoms with van der Waals surface area (Å²) >= 11 is 0. The van der Waals surface area contributed by atoms with Gasteiger partial charge >= 0.3 is 5.97 Å². The molecule has 52 heavy (non-hydrogen) atoms. The van der Waals surface area contributed by atoms with Crippen molar-refractivity contribution in [3.63, 3.8) is 0 Å². The summed E-state index contributed by atoms with van der Waals surface area (Å²) in [7, 11) is 0. The summed E-state index contributed by atoms with van der Waals surface area (Å²) in [5.74, 6) is -1.51. The molecule has 0 spiro atoms. The molecule has 0 rings (SSSR count). The Morgan fingerprint density at radius 3 is 0.981 bits per heavy atom. The highest BCUT2D eigenvalue weighted by atomic mass is 16.6. The van der Waals surface area contributed by atoms with E-state index in [0.29, 0.717) is 119 Å². The van der Waals surface area contributed by atoms with Crippen LogP contribution < -0.4 is 5.32 Å². The van der Waals surface area contributed by atoms with Gasteiger partial charge in [0.25, 0.3) is 0 Å². The number of ether oxygens (including phenoxy) is 10. The maximum atomic E-state index is 11.4. The van der Waals surface area contributed by atoms with Crippen LogP contribution in [0.15, 0.2) is 0 Å². The second-order valence-electron chi connectivity index (χ2n) is 12.3. The van der Waals surface area contributed by atoms with Gasteiger partial charge in [0, 0.05) is 13.2 Å². The zero-order valence-electron chi connectivity index (χ0n) is 32.6. The van der Waals surface area contributed by atoms with E-state index < -0.39 is 18.5 Å². The van der Waals surface area contributed by atoms with Gasteiger partial charge in [-0.25, -0.2) is 4.79 Å². The van der Waals surface area contributed by atoms with Gasteiger partial charge in [-0.15, -0.1) is 0 Å². The van der Waals surface area contributed by atoms with Crippen molar-refractivity contribution in [2.45, 2.75) is 96.8 Å². The Kier molecular flexibility index (Phi) is 44.4. The molecule has 0 bridgehead atoms. The molecule has 0 aliphatic rings. The van der Waals surface area contributed by atoms with Crippen LogP contribution in [0.1, 0.15) is 96.8 Å². The van der Waals surface area contributed by atoms with E-state index in [1.54, 1.807) is 0 Å². The quantitative estimate of drug-likeness (QED) is 0.0815. The molecule has 2 N–H and O–H groups in total. The van der Waals surface area contributed by atoms with Crippen LogP contribution in [-0.4, -0.2) is 156 Å². The summed E-state index contributed by atoms with van der Waals surface area (Å²) in [6.45, 7) is 10.9. The highest BCUT2D eigenvalue weighted by Crippen LogP contribution is 2.13. The lowest BCUT2D eigenvalue weighted by Gasteiger charge is -2.09. The van der Waals surface area contributed by atoms with Gasteiger partial charge < -0.3 is 57.8 Å². The predicted octanol–water partition coefficient (Wildman–Crippen LogP) is 4.83. The van der Waals surface area contributed by atoms with Gasteiger partial charge in [0.2, 0.25) is 5.91 Å². The predicted molar refractivity (Wildman–Crippen MR) is 199 cm³/mol. The van der Waals surface area contributed by atoms with E-state index >= 15 is 0 Å². The minimum absolute atomic E-state index is 0.297. The van der Waals surface area contributed by atoms with Gasteiger partial charge in [-0.1, -0.05) is 90.4 Å². The fraction of sp³-hybridized carbons (Fsp3) is 0.947. The number of carboxylic acids is 1. The van der Waals surface area contributed by atoms with Crippen molar-refractivity contribution < 1.29 is 62.1 Å². The summed E-state index contributed by atoms with van der Waals surface area (Å²) in [6.07, 6.45) is 19.2. The molecular weight excluding hydrogens is 678 g/mol. The number of nitrogens with one attached hydrogen (secondary N) is 1. The zero-order chi connectivity index (χ0) is 37.7. The van der Waals surface area contributed by atoms with Crippen LogP contribution in [0.5, 0.6) is 0 Å². The largest absolute Gasteiger partial charge is 0.480 e. The number of carbonyl (C=O) groups excluding carboxylic acids is 1. The fourth-order valence-electron chi connectivity index (χ4n) is 4.80. The highest BCUT2D eigenvalue weighted by molar-refractivity contribution is 5.77. The smallest absolute Gasteiger partial charge is 0.329 e. The summed E-state index contributed by atoms with van der Waals surface area (Å²) < 4.78 is 54.1. The van der Waals surface area contributed by atoms with Crippen molar-refractivity contribution >= 4 is 11.9 Å². The lowest BCUT2D eigenvalue weighted by molar-refractivity contribution is -0.143. The molecule has 0 atom stereocenters. The second kappa shape index (κ2) is 45.7. The van der Waals surface area contributed by atoms with E-state index in [2.05, 4.69) is 17.0 Å². The summed E-state index contributed by atoms with van der Waals surface area (Å²) in [5, 5.41) is 11.0. The number of amides is 1. The highest BCUT2D eigenvalue weighted by Gasteiger charge is 2.03. The molecule has 0 saturated carbocycles. The minimum atomic E-state index is -1.12. The average Bonchev–Trinajstić information content (AvgIpc) is 3.13. The molecule has 0 unspecified atom stereocenters. The molecule has 0 aliphatic heterocycles. The van der Waals surface area contributed by atoms with Crippen molar-refractivity contribution in [3.05, 3.63) is 0 Å². The molecule has 0 aromatic carbocycles. The summed E-state index contributed by atoms with van der Waals surface area (Å²) in [5.41, 5.74) is 0. The van der Waals surface area contributed by atoms with Gasteiger partial charge in [-0.05, 0) is 6.42 Å². The fourth-order valence-corrected chi connectivity index (χ4v) is 4.80. The topological polar surface area (TPSA) is 159 Å². The molecule has 310 valence electrons. The first kappa shape index (κ1) is 50.5. The Morgan fingerprint density at radius 2 is 0.654 bits per heavy atom. The molecule has 0 aliphatic carbocycles. The Morgan fingerprint density at radius 1 is 0.365 bits per heavy atom. The standard InChI is InChI=1S/C38H75NO13/c1-2-3-4-5-6-7-8-9-10-11-12-13-14-15-17-43-19-21-45-23-25-47-27-29-49-31-33-51-34-32-50-30-28-48-26-24-46-22-20-44-18-16-39-37(40)35-52-36-38(41)42/h2-36H2,1H3,(H,39,40)(H,41,42). The lowest BCUT2D eigenvalue weighted by atomic mass is 10.0. The number of aliphatic carboxylic acids is 1. The number of unbranched alkanes of at least 4 members (excludes halogenated alkanes) is 13.